The van der Waals surface area contributed by atoms with Crippen LogP contribution in [0, 0.1) is 0 Å². The highest BCUT2D eigenvalue weighted by atomic mass is 16.6. The van der Waals surface area contributed by atoms with Crippen molar-refractivity contribution in [1.82, 2.24) is 0 Å². The van der Waals surface area contributed by atoms with Crippen LogP contribution >= 0.6 is 0 Å². The van der Waals surface area contributed by atoms with Crippen LogP contribution < -0.4 is 0 Å². The predicted molar refractivity (Wildman–Crippen MR) is 269 cm³/mol. The Morgan fingerprint density at radius 2 is 0.746 bits per heavy atom. The van der Waals surface area contributed by atoms with Crippen LogP contribution in [0.25, 0.3) is 0 Å². The topological polar surface area (TPSA) is 78.9 Å². The molecule has 0 rings (SSSR count). The number of hydrogen-bond donors (Lipinski definition) is 0. The Kier molecular flexibility index (Phi) is 44.9. The molecule has 344 valence electrons. The molecule has 0 bridgehead atoms. The van der Waals surface area contributed by atoms with E-state index < -0.39 is 24.0 Å². The van der Waals surface area contributed by atoms with Crippen molar-refractivity contribution in [2.75, 3.05) is 13.2 Å². The third kappa shape index (κ3) is 47.4. The van der Waals surface area contributed by atoms with Gasteiger partial charge in [0, 0.05) is 12.8 Å². The summed E-state index contributed by atoms with van der Waals surface area (Å²) in [6.07, 6.45) is 74.9. The van der Waals surface area contributed by atoms with Crippen LogP contribution in [-0.4, -0.2) is 37.2 Å². The fourth-order valence-corrected chi connectivity index (χ4v) is 5.20. The van der Waals surface area contributed by atoms with E-state index in [9.17, 15) is 14.4 Å². The molecule has 0 aromatic rings. The molecule has 1 atom stereocenters. The molecule has 0 heterocycles. The molecule has 6 nitrogen and oxygen atoms in total. The summed E-state index contributed by atoms with van der Waals surface area (Å²) in [6.45, 7) is 6.00. The Bertz CT molecular complexity index is 1600. The zero-order chi connectivity index (χ0) is 45.8. The largest absolute Gasteiger partial charge is 0.462 e. The smallest absolute Gasteiger partial charge is 0.309 e. The van der Waals surface area contributed by atoms with Crippen molar-refractivity contribution < 1.29 is 28.6 Å². The summed E-state index contributed by atoms with van der Waals surface area (Å²) in [6, 6.07) is 0. The fourth-order valence-electron chi connectivity index (χ4n) is 5.20. The zero-order valence-corrected chi connectivity index (χ0v) is 39.0. The predicted octanol–water partition coefficient (Wildman–Crippen LogP) is 15.4. The minimum Gasteiger partial charge on any atom is -0.462 e. The second kappa shape index (κ2) is 49.2. The molecule has 63 heavy (non-hydrogen) atoms. The molecular formula is C57H80O6. The summed E-state index contributed by atoms with van der Waals surface area (Å²) in [5, 5.41) is 0. The number of unbranched alkanes of at least 4 members (excludes halogenated alkanes) is 3. The number of carbonyl (C=O) groups excluding carboxylic acids is 3. The van der Waals surface area contributed by atoms with Crippen LogP contribution in [0.5, 0.6) is 0 Å². The summed E-state index contributed by atoms with van der Waals surface area (Å²) in [5.74, 6) is -1.24. The van der Waals surface area contributed by atoms with E-state index in [4.69, 9.17) is 14.2 Å². The van der Waals surface area contributed by atoms with E-state index in [1.54, 1.807) is 6.08 Å². The van der Waals surface area contributed by atoms with Gasteiger partial charge in [0.15, 0.2) is 6.10 Å². The first-order valence-electron chi connectivity index (χ1n) is 23.4. The average Bonchev–Trinajstić information content (AvgIpc) is 3.28. The molecule has 6 heteroatoms. The number of hydrogen-bond acceptors (Lipinski definition) is 6. The molecule has 0 spiro atoms. The highest BCUT2D eigenvalue weighted by Crippen LogP contribution is 2.09. The van der Waals surface area contributed by atoms with Gasteiger partial charge < -0.3 is 14.2 Å². The highest BCUT2D eigenvalue weighted by Gasteiger charge is 2.19. The quantitative estimate of drug-likeness (QED) is 0.0202. The maximum absolute atomic E-state index is 12.7. The lowest BCUT2D eigenvalue weighted by atomic mass is 10.1. The van der Waals surface area contributed by atoms with Crippen LogP contribution in [0.3, 0.4) is 0 Å². The van der Waals surface area contributed by atoms with Gasteiger partial charge in [-0.05, 0) is 89.9 Å². The van der Waals surface area contributed by atoms with Crippen molar-refractivity contribution in [2.24, 2.45) is 0 Å². The van der Waals surface area contributed by atoms with Crippen molar-refractivity contribution >= 4 is 17.9 Å². The van der Waals surface area contributed by atoms with Crippen LogP contribution in [-0.2, 0) is 28.6 Å². The van der Waals surface area contributed by atoms with Gasteiger partial charge in [0.2, 0.25) is 0 Å². The molecule has 0 saturated heterocycles. The Hall–Kier alpha value is -5.49. The summed E-state index contributed by atoms with van der Waals surface area (Å²) in [4.78, 5) is 37.7. The van der Waals surface area contributed by atoms with Crippen molar-refractivity contribution in [1.29, 1.82) is 0 Å². The van der Waals surface area contributed by atoms with Gasteiger partial charge in [0.1, 0.15) is 13.2 Å². The van der Waals surface area contributed by atoms with E-state index in [0.29, 0.717) is 12.8 Å². The van der Waals surface area contributed by atoms with Gasteiger partial charge in [-0.15, -0.1) is 0 Å². The van der Waals surface area contributed by atoms with Crippen LogP contribution in [0.15, 0.2) is 182 Å². The first kappa shape index (κ1) is 57.5. The Morgan fingerprint density at radius 3 is 1.22 bits per heavy atom. The van der Waals surface area contributed by atoms with E-state index in [2.05, 4.69) is 118 Å². The van der Waals surface area contributed by atoms with E-state index in [0.717, 1.165) is 83.5 Å². The lowest BCUT2D eigenvalue weighted by Gasteiger charge is -2.18. The third-order valence-electron chi connectivity index (χ3n) is 8.59. The Balaban J connectivity index is 4.67. The van der Waals surface area contributed by atoms with Crippen molar-refractivity contribution in [3.8, 4) is 0 Å². The summed E-state index contributed by atoms with van der Waals surface area (Å²) in [7, 11) is 0. The summed E-state index contributed by atoms with van der Waals surface area (Å²) >= 11 is 0. The Morgan fingerprint density at radius 1 is 0.349 bits per heavy atom. The zero-order valence-electron chi connectivity index (χ0n) is 39.0. The van der Waals surface area contributed by atoms with Crippen LogP contribution in [0.2, 0.25) is 0 Å². The van der Waals surface area contributed by atoms with E-state index >= 15 is 0 Å². The third-order valence-corrected chi connectivity index (χ3v) is 8.59. The number of ether oxygens (including phenoxy) is 3. The molecule has 0 aromatic carbocycles. The van der Waals surface area contributed by atoms with E-state index in [1.165, 1.54) is 0 Å². The van der Waals surface area contributed by atoms with Crippen molar-refractivity contribution in [3.05, 3.63) is 182 Å². The lowest BCUT2D eigenvalue weighted by Crippen LogP contribution is -2.30. The molecule has 0 aliphatic heterocycles. The van der Waals surface area contributed by atoms with Crippen molar-refractivity contribution in [2.45, 2.75) is 142 Å². The van der Waals surface area contributed by atoms with Gasteiger partial charge in [-0.2, -0.15) is 0 Å². The van der Waals surface area contributed by atoms with Gasteiger partial charge in [-0.1, -0.05) is 209 Å². The highest BCUT2D eigenvalue weighted by molar-refractivity contribution is 5.72. The molecule has 0 aromatic heterocycles. The second-order valence-electron chi connectivity index (χ2n) is 14.3. The van der Waals surface area contributed by atoms with Crippen LogP contribution in [0.4, 0.5) is 0 Å². The van der Waals surface area contributed by atoms with Gasteiger partial charge in [0.25, 0.3) is 0 Å². The number of rotatable bonds is 38. The molecule has 0 radical (unpaired) electrons. The monoisotopic (exact) mass is 861 g/mol. The van der Waals surface area contributed by atoms with E-state index in [-0.39, 0.29) is 32.5 Å². The second-order valence-corrected chi connectivity index (χ2v) is 14.3. The Labute approximate surface area is 383 Å². The maximum atomic E-state index is 12.7. The molecule has 0 aliphatic rings. The first-order valence-corrected chi connectivity index (χ1v) is 23.4. The van der Waals surface area contributed by atoms with Gasteiger partial charge in [-0.25, -0.2) is 0 Å². The number of esters is 3. The summed E-state index contributed by atoms with van der Waals surface area (Å²) < 4.78 is 16.5. The molecule has 1 unspecified atom stereocenters. The van der Waals surface area contributed by atoms with Crippen molar-refractivity contribution in [3.63, 3.8) is 0 Å². The first-order chi connectivity index (χ1) is 31.0. The minimum atomic E-state index is -0.877. The van der Waals surface area contributed by atoms with Gasteiger partial charge in [0.05, 0.1) is 6.42 Å². The standard InChI is InChI=1S/C57H80O6/c1-4-7-10-13-16-19-21-23-25-27-28-30-31-33-35-38-41-44-47-50-56(59)62-53-54(52-61-55(58)49-46-43-40-37-18-15-12-9-6-3)63-57(60)51-48-45-42-39-36-34-32-29-26-24-22-20-17-14-11-8-5-2/h7-12,14,16-20,22-26,28-30,32-37,41,43-44,46,54H,4-6,13,15,21,27,31,38-40,42,45,47-53H2,1-3H3/b10-7-,11-8-,12-9-,17-14-,19-16-,22-20-,25-23-,26-24-,30-28-,32-29+,35-33-,36-34-,37-18-,44-41-,46-43-. The van der Waals surface area contributed by atoms with Gasteiger partial charge in [-0.3, -0.25) is 14.4 Å². The average molecular weight is 861 g/mol. The molecule has 0 N–H and O–H groups in total. The van der Waals surface area contributed by atoms with Crippen LogP contribution in [0.1, 0.15) is 136 Å². The normalized spacial score (nSPS) is 13.8. The minimum absolute atomic E-state index is 0.101. The van der Waals surface area contributed by atoms with Gasteiger partial charge >= 0.3 is 17.9 Å². The summed E-state index contributed by atoms with van der Waals surface area (Å²) in [5.41, 5.74) is 0. The maximum Gasteiger partial charge on any atom is 0.309 e. The molecule has 0 aliphatic carbocycles. The molecule has 0 amide bonds. The SMILES string of the molecule is CC\C=C/C=C\C=C/C=C\C=C\C=C/CCCCCC(=O)OC(COC(=O)C/C=C\C/C=C\C/C=C\CC)COC(=O)CC/C=C\C/C=C\C/C=C\C/C=C\C/C=C\C/C=C\CC. The molecule has 0 saturated carbocycles. The lowest BCUT2D eigenvalue weighted by molar-refractivity contribution is -0.166. The van der Waals surface area contributed by atoms with E-state index in [1.807, 2.05) is 79.0 Å². The molecule has 0 fully saturated rings. The molecular weight excluding hydrogens is 781 g/mol. The number of carbonyl (C=O) groups is 3. The fraction of sp³-hybridized carbons (Fsp3) is 0.421. The number of allylic oxidation sites excluding steroid dienone is 29.